The smallest absolute Gasteiger partial charge is 0.0496 e. The van der Waals surface area contributed by atoms with E-state index in [0.717, 1.165) is 5.92 Å². The van der Waals surface area contributed by atoms with Crippen LogP contribution in [0.15, 0.2) is 24.3 Å². The zero-order chi connectivity index (χ0) is 13.1. The van der Waals surface area contributed by atoms with Crippen molar-refractivity contribution in [3.05, 3.63) is 35.4 Å². The van der Waals surface area contributed by atoms with Crippen molar-refractivity contribution in [2.45, 2.75) is 45.7 Å². The van der Waals surface area contributed by atoms with Crippen LogP contribution in [-0.4, -0.2) is 24.0 Å². The lowest BCUT2D eigenvalue weighted by atomic mass is 9.98. The number of nitrogens with zero attached hydrogens (tertiary/aromatic N) is 1. The van der Waals surface area contributed by atoms with Gasteiger partial charge >= 0.3 is 0 Å². The number of rotatable bonds is 4. The van der Waals surface area contributed by atoms with E-state index in [1.54, 1.807) is 0 Å². The quantitative estimate of drug-likeness (QED) is 0.884. The summed E-state index contributed by atoms with van der Waals surface area (Å²) in [6.45, 7) is 8.95. The van der Waals surface area contributed by atoms with Gasteiger partial charge in [-0.15, -0.1) is 0 Å². The lowest BCUT2D eigenvalue weighted by Crippen LogP contribution is -2.38. The second-order valence-electron chi connectivity index (χ2n) is 5.77. The molecule has 0 aromatic heterocycles. The summed E-state index contributed by atoms with van der Waals surface area (Å²) in [5.41, 5.74) is 8.91. The summed E-state index contributed by atoms with van der Waals surface area (Å²) in [5, 5.41) is 0. The first-order chi connectivity index (χ1) is 8.61. The molecule has 0 bridgehead atoms. The van der Waals surface area contributed by atoms with Crippen molar-refractivity contribution in [2.24, 2.45) is 11.7 Å². The highest BCUT2D eigenvalue weighted by atomic mass is 15.2. The molecule has 0 saturated carbocycles. The van der Waals surface area contributed by atoms with Gasteiger partial charge in [0.2, 0.25) is 0 Å². The lowest BCUT2D eigenvalue weighted by Gasteiger charge is -2.31. The van der Waals surface area contributed by atoms with Gasteiger partial charge in [-0.3, -0.25) is 4.90 Å². The summed E-state index contributed by atoms with van der Waals surface area (Å²) in [4.78, 5) is 2.57. The van der Waals surface area contributed by atoms with Gasteiger partial charge in [-0.25, -0.2) is 0 Å². The molecule has 0 amide bonds. The summed E-state index contributed by atoms with van der Waals surface area (Å²) < 4.78 is 0. The van der Waals surface area contributed by atoms with Crippen LogP contribution in [0.5, 0.6) is 0 Å². The fourth-order valence-electron chi connectivity index (χ4n) is 3.06. The van der Waals surface area contributed by atoms with Gasteiger partial charge in [0.1, 0.15) is 0 Å². The highest BCUT2D eigenvalue weighted by Gasteiger charge is 2.30. The van der Waals surface area contributed by atoms with Crippen LogP contribution in [0.25, 0.3) is 0 Å². The molecule has 2 nitrogen and oxygen atoms in total. The van der Waals surface area contributed by atoms with Gasteiger partial charge in [0.15, 0.2) is 0 Å². The highest BCUT2D eigenvalue weighted by molar-refractivity contribution is 5.25. The fourth-order valence-corrected chi connectivity index (χ4v) is 3.06. The van der Waals surface area contributed by atoms with E-state index in [1.165, 1.54) is 37.1 Å². The molecule has 0 spiro atoms. The summed E-state index contributed by atoms with van der Waals surface area (Å²) in [6, 6.07) is 9.42. The second kappa shape index (κ2) is 5.85. The molecule has 1 aliphatic heterocycles. The molecule has 0 radical (unpaired) electrons. The standard InChI is InChI=1S/C16H26N2/c1-4-14-9-10-18(11-14)16(13(3)17)15-7-5-12(2)6-8-15/h5-8,13-14,16H,4,9-11,17H2,1-3H3. The number of nitrogens with two attached hydrogens (primary N) is 1. The number of benzene rings is 1. The molecule has 3 atom stereocenters. The Morgan fingerprint density at radius 2 is 2.00 bits per heavy atom. The Bertz CT molecular complexity index is 369. The zero-order valence-corrected chi connectivity index (χ0v) is 11.9. The third kappa shape index (κ3) is 2.93. The van der Waals surface area contributed by atoms with Gasteiger partial charge in [0.05, 0.1) is 0 Å². The SMILES string of the molecule is CCC1CCN(C(c2ccc(C)cc2)C(C)N)C1. The van der Waals surface area contributed by atoms with E-state index in [0.29, 0.717) is 6.04 Å². The molecule has 1 saturated heterocycles. The fraction of sp³-hybridized carbons (Fsp3) is 0.625. The highest BCUT2D eigenvalue weighted by Crippen LogP contribution is 2.30. The largest absolute Gasteiger partial charge is 0.326 e. The van der Waals surface area contributed by atoms with Crippen LogP contribution in [0.4, 0.5) is 0 Å². The van der Waals surface area contributed by atoms with Crippen LogP contribution in [0, 0.1) is 12.8 Å². The van der Waals surface area contributed by atoms with Crippen molar-refractivity contribution in [2.75, 3.05) is 13.1 Å². The summed E-state index contributed by atoms with van der Waals surface area (Å²) in [7, 11) is 0. The monoisotopic (exact) mass is 246 g/mol. The van der Waals surface area contributed by atoms with Crippen molar-refractivity contribution in [3.63, 3.8) is 0 Å². The van der Waals surface area contributed by atoms with Crippen LogP contribution < -0.4 is 5.73 Å². The molecule has 100 valence electrons. The van der Waals surface area contributed by atoms with Crippen LogP contribution in [0.2, 0.25) is 0 Å². The van der Waals surface area contributed by atoms with E-state index in [4.69, 9.17) is 5.73 Å². The molecule has 1 heterocycles. The minimum atomic E-state index is 0.184. The predicted octanol–water partition coefficient (Wildman–Crippen LogP) is 3.12. The average Bonchev–Trinajstić information content (AvgIpc) is 2.80. The Balaban J connectivity index is 2.16. The first kappa shape index (κ1) is 13.6. The van der Waals surface area contributed by atoms with E-state index in [9.17, 15) is 0 Å². The Morgan fingerprint density at radius 3 is 2.50 bits per heavy atom. The molecular weight excluding hydrogens is 220 g/mol. The third-order valence-electron chi connectivity index (χ3n) is 4.20. The molecule has 1 aromatic carbocycles. The van der Waals surface area contributed by atoms with Crippen molar-refractivity contribution in [1.29, 1.82) is 0 Å². The molecule has 3 unspecified atom stereocenters. The van der Waals surface area contributed by atoms with E-state index in [1.807, 2.05) is 0 Å². The maximum Gasteiger partial charge on any atom is 0.0496 e. The molecule has 2 heteroatoms. The minimum Gasteiger partial charge on any atom is -0.326 e. The first-order valence-electron chi connectivity index (χ1n) is 7.18. The number of likely N-dealkylation sites (tertiary alicyclic amines) is 1. The maximum absolute atomic E-state index is 6.23. The molecule has 2 N–H and O–H groups in total. The van der Waals surface area contributed by atoms with Crippen molar-refractivity contribution in [1.82, 2.24) is 4.90 Å². The van der Waals surface area contributed by atoms with Gasteiger partial charge in [0, 0.05) is 18.6 Å². The molecular formula is C16H26N2. The van der Waals surface area contributed by atoms with E-state index >= 15 is 0 Å². The molecule has 2 rings (SSSR count). The topological polar surface area (TPSA) is 29.3 Å². The van der Waals surface area contributed by atoms with Crippen molar-refractivity contribution in [3.8, 4) is 0 Å². The Kier molecular flexibility index (Phi) is 4.41. The molecule has 0 aliphatic carbocycles. The summed E-state index contributed by atoms with van der Waals surface area (Å²) in [6.07, 6.45) is 2.61. The summed E-state index contributed by atoms with van der Waals surface area (Å²) >= 11 is 0. The molecule has 1 fully saturated rings. The molecule has 1 aromatic rings. The Labute approximate surface area is 111 Å². The Morgan fingerprint density at radius 1 is 1.33 bits per heavy atom. The van der Waals surface area contributed by atoms with Crippen LogP contribution >= 0.6 is 0 Å². The second-order valence-corrected chi connectivity index (χ2v) is 5.77. The third-order valence-corrected chi connectivity index (χ3v) is 4.20. The van der Waals surface area contributed by atoms with E-state index in [-0.39, 0.29) is 6.04 Å². The van der Waals surface area contributed by atoms with Crippen molar-refractivity contribution < 1.29 is 0 Å². The van der Waals surface area contributed by atoms with Gasteiger partial charge in [-0.1, -0.05) is 43.2 Å². The predicted molar refractivity (Wildman–Crippen MR) is 77.5 cm³/mol. The minimum absolute atomic E-state index is 0.184. The van der Waals surface area contributed by atoms with Gasteiger partial charge in [-0.2, -0.15) is 0 Å². The normalized spacial score (nSPS) is 24.1. The van der Waals surface area contributed by atoms with Gasteiger partial charge in [0.25, 0.3) is 0 Å². The zero-order valence-electron chi connectivity index (χ0n) is 11.9. The summed E-state index contributed by atoms with van der Waals surface area (Å²) in [5.74, 6) is 0.858. The van der Waals surface area contributed by atoms with Crippen LogP contribution in [0.3, 0.4) is 0 Å². The lowest BCUT2D eigenvalue weighted by molar-refractivity contribution is 0.210. The molecule has 18 heavy (non-hydrogen) atoms. The van der Waals surface area contributed by atoms with Crippen molar-refractivity contribution >= 4 is 0 Å². The van der Waals surface area contributed by atoms with Crippen LogP contribution in [0.1, 0.15) is 43.9 Å². The van der Waals surface area contributed by atoms with E-state index in [2.05, 4.69) is 49.9 Å². The number of aryl methyl sites for hydroxylation is 1. The Hall–Kier alpha value is -0.860. The number of hydrogen-bond donors (Lipinski definition) is 1. The molecule has 1 aliphatic rings. The first-order valence-corrected chi connectivity index (χ1v) is 7.18. The maximum atomic E-state index is 6.23. The van der Waals surface area contributed by atoms with Gasteiger partial charge in [-0.05, 0) is 38.3 Å². The van der Waals surface area contributed by atoms with E-state index < -0.39 is 0 Å². The van der Waals surface area contributed by atoms with Gasteiger partial charge < -0.3 is 5.73 Å². The average molecular weight is 246 g/mol. The van der Waals surface area contributed by atoms with Crippen LogP contribution in [-0.2, 0) is 0 Å². The number of hydrogen-bond acceptors (Lipinski definition) is 2.